The number of hydrogen-bond acceptors (Lipinski definition) is 4. The third-order valence-corrected chi connectivity index (χ3v) is 3.55. The van der Waals surface area contributed by atoms with E-state index in [1.54, 1.807) is 28.4 Å². The molecule has 0 N–H and O–H groups in total. The van der Waals surface area contributed by atoms with Gasteiger partial charge in [-0.25, -0.2) is 0 Å². The van der Waals surface area contributed by atoms with Gasteiger partial charge in [0, 0.05) is 12.0 Å². The van der Waals surface area contributed by atoms with Gasteiger partial charge in [-0.1, -0.05) is 30.1 Å². The van der Waals surface area contributed by atoms with Crippen molar-refractivity contribution in [1.29, 1.82) is 0 Å². The highest BCUT2D eigenvalue weighted by Crippen LogP contribution is 2.28. The first-order valence-corrected chi connectivity index (χ1v) is 7.81. The zero-order valence-electron chi connectivity index (χ0n) is 15.0. The van der Waals surface area contributed by atoms with Crippen molar-refractivity contribution in [3.05, 3.63) is 53.6 Å². The van der Waals surface area contributed by atoms with Crippen molar-refractivity contribution in [3.63, 3.8) is 0 Å². The van der Waals surface area contributed by atoms with Crippen LogP contribution in [0.15, 0.2) is 42.5 Å². The average Bonchev–Trinajstić information content (AvgIpc) is 2.67. The number of rotatable bonds is 6. The summed E-state index contributed by atoms with van der Waals surface area (Å²) in [6, 6.07) is 11.4. The summed E-state index contributed by atoms with van der Waals surface area (Å²) in [5.74, 6) is 9.04. The van der Waals surface area contributed by atoms with Gasteiger partial charge in [0.15, 0.2) is 23.0 Å². The Kier molecular flexibility index (Phi) is 6.79. The zero-order chi connectivity index (χ0) is 18.1. The van der Waals surface area contributed by atoms with Crippen LogP contribution in [0.3, 0.4) is 0 Å². The van der Waals surface area contributed by atoms with Gasteiger partial charge in [-0.2, -0.15) is 0 Å². The van der Waals surface area contributed by atoms with Crippen LogP contribution < -0.4 is 18.9 Å². The van der Waals surface area contributed by atoms with Gasteiger partial charge in [0.25, 0.3) is 0 Å². The predicted octanol–water partition coefficient (Wildman–Crippen LogP) is 4.18. The highest BCUT2D eigenvalue weighted by molar-refractivity contribution is 5.56. The molecule has 2 rings (SSSR count). The maximum absolute atomic E-state index is 5.29. The summed E-state index contributed by atoms with van der Waals surface area (Å²) in [5, 5.41) is 0. The summed E-state index contributed by atoms with van der Waals surface area (Å²) in [6.07, 6.45) is 4.66. The molecule has 0 saturated heterocycles. The number of ether oxygens (including phenoxy) is 4. The van der Waals surface area contributed by atoms with E-state index in [4.69, 9.17) is 18.9 Å². The SMILES string of the molecule is COc1ccc(C#CC/C=C/c2ccc(OC)c(OC)c2)cc1OC. The van der Waals surface area contributed by atoms with Crippen LogP contribution in [0.4, 0.5) is 0 Å². The van der Waals surface area contributed by atoms with Crippen molar-refractivity contribution < 1.29 is 18.9 Å². The third-order valence-electron chi connectivity index (χ3n) is 3.55. The molecule has 0 fully saturated rings. The van der Waals surface area contributed by atoms with E-state index < -0.39 is 0 Å². The molecule has 0 spiro atoms. The summed E-state index contributed by atoms with van der Waals surface area (Å²) >= 11 is 0. The summed E-state index contributed by atoms with van der Waals surface area (Å²) in [5.41, 5.74) is 1.92. The summed E-state index contributed by atoms with van der Waals surface area (Å²) in [6.45, 7) is 0. The molecule has 2 aromatic rings. The van der Waals surface area contributed by atoms with Crippen LogP contribution in [-0.2, 0) is 0 Å². The molecule has 0 aromatic heterocycles. The third kappa shape index (κ3) is 4.95. The lowest BCUT2D eigenvalue weighted by molar-refractivity contribution is 0.355. The maximum Gasteiger partial charge on any atom is 0.161 e. The van der Waals surface area contributed by atoms with E-state index in [2.05, 4.69) is 11.8 Å². The lowest BCUT2D eigenvalue weighted by Crippen LogP contribution is -1.90. The fourth-order valence-corrected chi connectivity index (χ4v) is 2.28. The number of methoxy groups -OCH3 is 4. The molecular weight excluding hydrogens is 316 g/mol. The van der Waals surface area contributed by atoms with Gasteiger partial charge in [0.05, 0.1) is 28.4 Å². The lowest BCUT2D eigenvalue weighted by Gasteiger charge is -2.07. The van der Waals surface area contributed by atoms with Crippen molar-refractivity contribution in [3.8, 4) is 34.8 Å². The van der Waals surface area contributed by atoms with Crippen LogP contribution in [0.1, 0.15) is 17.5 Å². The topological polar surface area (TPSA) is 36.9 Å². The molecule has 0 unspecified atom stereocenters. The van der Waals surface area contributed by atoms with Gasteiger partial charge >= 0.3 is 0 Å². The van der Waals surface area contributed by atoms with E-state index in [1.165, 1.54) is 0 Å². The fraction of sp³-hybridized carbons (Fsp3) is 0.238. The Morgan fingerprint density at radius 3 is 2.00 bits per heavy atom. The standard InChI is InChI=1S/C21H22O4/c1-22-18-12-10-16(14-20(18)24-3)8-6-5-7-9-17-11-13-19(23-2)21(15-17)25-4/h6,8,10-15H,5H2,1-4H3/b8-6+. The van der Waals surface area contributed by atoms with Crippen molar-refractivity contribution in [2.24, 2.45) is 0 Å². The molecule has 2 aromatic carbocycles. The van der Waals surface area contributed by atoms with Gasteiger partial charge in [-0.05, 0) is 35.9 Å². The van der Waals surface area contributed by atoms with Crippen LogP contribution in [0, 0.1) is 11.8 Å². The number of allylic oxidation sites excluding steroid dienone is 1. The number of benzene rings is 2. The molecule has 4 nitrogen and oxygen atoms in total. The van der Waals surface area contributed by atoms with Crippen molar-refractivity contribution in [2.45, 2.75) is 6.42 Å². The Bertz CT molecular complexity index is 797. The molecule has 0 bridgehead atoms. The fourth-order valence-electron chi connectivity index (χ4n) is 2.28. The Hall–Kier alpha value is -3.06. The van der Waals surface area contributed by atoms with E-state index in [1.807, 2.05) is 48.6 Å². The summed E-state index contributed by atoms with van der Waals surface area (Å²) < 4.78 is 21.0. The molecule has 0 aliphatic rings. The van der Waals surface area contributed by atoms with E-state index in [0.29, 0.717) is 29.4 Å². The number of hydrogen-bond donors (Lipinski definition) is 0. The maximum atomic E-state index is 5.29. The van der Waals surface area contributed by atoms with Crippen molar-refractivity contribution >= 4 is 6.08 Å². The second-order valence-corrected chi connectivity index (χ2v) is 5.09. The quantitative estimate of drug-likeness (QED) is 0.741. The highest BCUT2D eigenvalue weighted by Gasteiger charge is 2.03. The predicted molar refractivity (Wildman–Crippen MR) is 99.6 cm³/mol. The Morgan fingerprint density at radius 1 is 0.760 bits per heavy atom. The van der Waals surface area contributed by atoms with E-state index >= 15 is 0 Å². The van der Waals surface area contributed by atoms with Crippen LogP contribution in [-0.4, -0.2) is 28.4 Å². The van der Waals surface area contributed by atoms with Crippen molar-refractivity contribution in [2.75, 3.05) is 28.4 Å². The largest absolute Gasteiger partial charge is 0.493 e. The van der Waals surface area contributed by atoms with Crippen molar-refractivity contribution in [1.82, 2.24) is 0 Å². The van der Waals surface area contributed by atoms with E-state index in [-0.39, 0.29) is 0 Å². The van der Waals surface area contributed by atoms with E-state index in [0.717, 1.165) is 11.1 Å². The first-order valence-electron chi connectivity index (χ1n) is 7.81. The molecule has 0 aliphatic carbocycles. The lowest BCUT2D eigenvalue weighted by atomic mass is 10.1. The molecule has 0 atom stereocenters. The van der Waals surface area contributed by atoms with Gasteiger partial charge in [0.1, 0.15) is 0 Å². The Labute approximate surface area is 149 Å². The van der Waals surface area contributed by atoms with Crippen LogP contribution in [0.2, 0.25) is 0 Å². The molecule has 130 valence electrons. The minimum Gasteiger partial charge on any atom is -0.493 e. The Balaban J connectivity index is 2.01. The highest BCUT2D eigenvalue weighted by atomic mass is 16.5. The smallest absolute Gasteiger partial charge is 0.161 e. The zero-order valence-corrected chi connectivity index (χ0v) is 15.0. The second-order valence-electron chi connectivity index (χ2n) is 5.09. The molecule has 0 radical (unpaired) electrons. The molecule has 0 heterocycles. The molecular formula is C21H22O4. The Morgan fingerprint density at radius 2 is 1.36 bits per heavy atom. The minimum atomic E-state index is 0.642. The summed E-state index contributed by atoms with van der Waals surface area (Å²) in [7, 11) is 6.47. The van der Waals surface area contributed by atoms with Gasteiger partial charge < -0.3 is 18.9 Å². The second kappa shape index (κ2) is 9.29. The minimum absolute atomic E-state index is 0.642. The molecule has 25 heavy (non-hydrogen) atoms. The first-order chi connectivity index (χ1) is 12.2. The monoisotopic (exact) mass is 338 g/mol. The van der Waals surface area contributed by atoms with Crippen LogP contribution in [0.25, 0.3) is 6.08 Å². The normalized spacial score (nSPS) is 10.1. The van der Waals surface area contributed by atoms with Gasteiger partial charge in [-0.3, -0.25) is 0 Å². The van der Waals surface area contributed by atoms with Crippen LogP contribution >= 0.6 is 0 Å². The average molecular weight is 338 g/mol. The molecule has 4 heteroatoms. The summed E-state index contributed by atoms with van der Waals surface area (Å²) in [4.78, 5) is 0. The molecule has 0 saturated carbocycles. The molecule has 0 amide bonds. The van der Waals surface area contributed by atoms with E-state index in [9.17, 15) is 0 Å². The van der Waals surface area contributed by atoms with Crippen LogP contribution in [0.5, 0.6) is 23.0 Å². The van der Waals surface area contributed by atoms with Gasteiger partial charge in [0.2, 0.25) is 0 Å². The first kappa shape index (κ1) is 18.3. The van der Waals surface area contributed by atoms with Gasteiger partial charge in [-0.15, -0.1) is 0 Å². The molecule has 0 aliphatic heterocycles.